The van der Waals surface area contributed by atoms with Gasteiger partial charge in [0, 0.05) is 22.4 Å². The quantitative estimate of drug-likeness (QED) is 0.783. The van der Waals surface area contributed by atoms with Gasteiger partial charge < -0.3 is 15.2 Å². The Labute approximate surface area is 125 Å². The van der Waals surface area contributed by atoms with Crippen LogP contribution in [0.5, 0.6) is 0 Å². The molecule has 0 amide bonds. The van der Waals surface area contributed by atoms with Crippen LogP contribution in [0, 0.1) is 0 Å². The Hall–Kier alpha value is -1.69. The van der Waals surface area contributed by atoms with E-state index in [0.717, 1.165) is 40.6 Å². The third-order valence-electron chi connectivity index (χ3n) is 2.95. The number of carbonyl (C=O) groups is 1. The third kappa shape index (κ3) is 4.16. The maximum Gasteiger partial charge on any atom is 0.137 e. The normalized spacial score (nSPS) is 10.7. The van der Waals surface area contributed by atoms with Crippen LogP contribution in [0.15, 0.2) is 29.0 Å². The summed E-state index contributed by atoms with van der Waals surface area (Å²) in [4.78, 5) is 18.7. The molecule has 0 atom stereocenters. The Morgan fingerprint density at radius 1 is 1.25 bits per heavy atom. The zero-order valence-corrected chi connectivity index (χ0v) is 12.5. The molecule has 6 heteroatoms. The highest BCUT2D eigenvalue weighted by molar-refractivity contribution is 9.10. The number of rotatable bonds is 7. The summed E-state index contributed by atoms with van der Waals surface area (Å²) in [6.45, 7) is 0.756. The molecule has 0 aliphatic carbocycles. The van der Waals surface area contributed by atoms with E-state index in [9.17, 15) is 9.90 Å². The van der Waals surface area contributed by atoms with Crippen LogP contribution in [-0.4, -0.2) is 22.5 Å². The van der Waals surface area contributed by atoms with Gasteiger partial charge in [0.25, 0.3) is 0 Å². The van der Waals surface area contributed by atoms with E-state index in [1.54, 1.807) is 0 Å². The predicted octanol–water partition coefficient (Wildman–Crippen LogP) is 2.11. The van der Waals surface area contributed by atoms with Crippen molar-refractivity contribution in [1.82, 2.24) is 9.97 Å². The average molecular weight is 337 g/mol. The van der Waals surface area contributed by atoms with Gasteiger partial charge in [-0.05, 0) is 37.5 Å². The standard InChI is InChI=1S/C14H16BrN3O2/c15-10-5-6-12-11(8-10)14(18-9-17-12)16-7-3-1-2-4-13(19)20/h5-6,8-9H,1-4,7H2,(H,19,20)(H,16,17,18)/p-1. The van der Waals surface area contributed by atoms with Gasteiger partial charge in [-0.2, -0.15) is 0 Å². The molecule has 0 saturated heterocycles. The molecule has 106 valence electrons. The molecule has 20 heavy (non-hydrogen) atoms. The minimum atomic E-state index is -0.982. The second-order valence-corrected chi connectivity index (χ2v) is 5.41. The van der Waals surface area contributed by atoms with Gasteiger partial charge in [-0.25, -0.2) is 9.97 Å². The Kier molecular flexibility index (Phi) is 5.29. The molecule has 0 aliphatic heterocycles. The molecule has 0 aliphatic rings. The minimum absolute atomic E-state index is 0.128. The van der Waals surface area contributed by atoms with E-state index in [1.807, 2.05) is 18.2 Å². The van der Waals surface area contributed by atoms with Crippen molar-refractivity contribution in [3.8, 4) is 0 Å². The van der Waals surface area contributed by atoms with E-state index >= 15 is 0 Å². The number of unbranched alkanes of at least 4 members (excludes halogenated alkanes) is 2. The fraction of sp³-hybridized carbons (Fsp3) is 0.357. The first kappa shape index (κ1) is 14.7. The highest BCUT2D eigenvalue weighted by Crippen LogP contribution is 2.23. The van der Waals surface area contributed by atoms with E-state index < -0.39 is 5.97 Å². The van der Waals surface area contributed by atoms with Crippen molar-refractivity contribution in [3.05, 3.63) is 29.0 Å². The van der Waals surface area contributed by atoms with E-state index in [2.05, 4.69) is 31.2 Å². The van der Waals surface area contributed by atoms with Crippen LogP contribution in [0.1, 0.15) is 25.7 Å². The van der Waals surface area contributed by atoms with Gasteiger partial charge in [0.1, 0.15) is 12.1 Å². The summed E-state index contributed by atoms with van der Waals surface area (Å²) < 4.78 is 0.983. The number of carboxylic acid groups (broad SMARTS) is 1. The Morgan fingerprint density at radius 2 is 2.10 bits per heavy atom. The number of aliphatic carboxylic acids is 1. The summed E-state index contributed by atoms with van der Waals surface area (Å²) >= 11 is 3.44. The molecule has 1 aromatic carbocycles. The van der Waals surface area contributed by atoms with Gasteiger partial charge in [0.15, 0.2) is 0 Å². The number of fused-ring (bicyclic) bond motifs is 1. The van der Waals surface area contributed by atoms with Crippen LogP contribution in [0.3, 0.4) is 0 Å². The molecular weight excluding hydrogens is 322 g/mol. The van der Waals surface area contributed by atoms with Crippen LogP contribution >= 0.6 is 15.9 Å². The van der Waals surface area contributed by atoms with Crippen LogP contribution < -0.4 is 10.4 Å². The second kappa shape index (κ2) is 7.19. The lowest BCUT2D eigenvalue weighted by Gasteiger charge is -2.08. The van der Waals surface area contributed by atoms with Crippen molar-refractivity contribution in [1.29, 1.82) is 0 Å². The van der Waals surface area contributed by atoms with Gasteiger partial charge in [-0.15, -0.1) is 0 Å². The van der Waals surface area contributed by atoms with Gasteiger partial charge in [0.2, 0.25) is 0 Å². The van der Waals surface area contributed by atoms with Crippen molar-refractivity contribution in [2.75, 3.05) is 11.9 Å². The number of hydrogen-bond donors (Lipinski definition) is 1. The summed E-state index contributed by atoms with van der Waals surface area (Å²) in [6.07, 6.45) is 4.07. The minimum Gasteiger partial charge on any atom is -0.550 e. The molecule has 0 bridgehead atoms. The molecule has 0 spiro atoms. The number of halogens is 1. The Balaban J connectivity index is 1.90. The van der Waals surface area contributed by atoms with Gasteiger partial charge in [-0.3, -0.25) is 0 Å². The van der Waals surface area contributed by atoms with Gasteiger partial charge in [0.05, 0.1) is 5.52 Å². The largest absolute Gasteiger partial charge is 0.550 e. The lowest BCUT2D eigenvalue weighted by Crippen LogP contribution is -2.21. The van der Waals surface area contributed by atoms with Crippen LogP contribution in [0.25, 0.3) is 10.9 Å². The number of anilines is 1. The van der Waals surface area contributed by atoms with E-state index in [4.69, 9.17) is 0 Å². The van der Waals surface area contributed by atoms with Crippen molar-refractivity contribution in [2.45, 2.75) is 25.7 Å². The van der Waals surface area contributed by atoms with Crippen molar-refractivity contribution >= 4 is 38.6 Å². The zero-order valence-electron chi connectivity index (χ0n) is 10.9. The van der Waals surface area contributed by atoms with Crippen molar-refractivity contribution in [3.63, 3.8) is 0 Å². The van der Waals surface area contributed by atoms with Gasteiger partial charge in [-0.1, -0.05) is 22.4 Å². The first-order valence-corrected chi connectivity index (χ1v) is 7.30. The first-order chi connectivity index (χ1) is 9.66. The fourth-order valence-electron chi connectivity index (χ4n) is 1.95. The van der Waals surface area contributed by atoms with Crippen molar-refractivity contribution < 1.29 is 9.90 Å². The molecule has 0 unspecified atom stereocenters. The summed E-state index contributed by atoms with van der Waals surface area (Å²) in [7, 11) is 0. The lowest BCUT2D eigenvalue weighted by molar-refractivity contribution is -0.305. The molecule has 2 aromatic rings. The number of nitrogens with zero attached hydrogens (tertiary/aromatic N) is 2. The van der Waals surface area contributed by atoms with Crippen LogP contribution in [0.4, 0.5) is 5.82 Å². The topological polar surface area (TPSA) is 77.9 Å². The highest BCUT2D eigenvalue weighted by Gasteiger charge is 2.03. The molecule has 0 radical (unpaired) electrons. The molecule has 1 N–H and O–H groups in total. The predicted molar refractivity (Wildman–Crippen MR) is 79.2 cm³/mol. The van der Waals surface area contributed by atoms with E-state index in [0.29, 0.717) is 6.42 Å². The number of carbonyl (C=O) groups excluding carboxylic acids is 1. The number of carboxylic acids is 1. The van der Waals surface area contributed by atoms with Crippen LogP contribution in [0.2, 0.25) is 0 Å². The number of nitrogens with one attached hydrogen (secondary N) is 1. The van der Waals surface area contributed by atoms with Crippen molar-refractivity contribution in [2.24, 2.45) is 0 Å². The fourth-order valence-corrected chi connectivity index (χ4v) is 2.31. The van der Waals surface area contributed by atoms with E-state index in [1.165, 1.54) is 6.33 Å². The highest BCUT2D eigenvalue weighted by atomic mass is 79.9. The maximum atomic E-state index is 10.3. The lowest BCUT2D eigenvalue weighted by atomic mass is 10.2. The smallest absolute Gasteiger partial charge is 0.137 e. The molecule has 0 saturated carbocycles. The average Bonchev–Trinajstić information content (AvgIpc) is 2.42. The summed E-state index contributed by atoms with van der Waals surface area (Å²) in [5.41, 5.74) is 0.891. The number of benzene rings is 1. The zero-order chi connectivity index (χ0) is 14.4. The maximum absolute atomic E-state index is 10.3. The number of hydrogen-bond acceptors (Lipinski definition) is 5. The molecule has 0 fully saturated rings. The molecule has 1 aromatic heterocycles. The molecular formula is C14H15BrN3O2-. The summed E-state index contributed by atoms with van der Waals surface area (Å²) in [5.74, 6) is -0.180. The third-order valence-corrected chi connectivity index (χ3v) is 3.44. The molecule has 5 nitrogen and oxygen atoms in total. The monoisotopic (exact) mass is 336 g/mol. The first-order valence-electron chi connectivity index (χ1n) is 6.51. The SMILES string of the molecule is O=C([O-])CCCCCNc1ncnc2ccc(Br)cc12. The van der Waals surface area contributed by atoms with E-state index in [-0.39, 0.29) is 6.42 Å². The van der Waals surface area contributed by atoms with Gasteiger partial charge >= 0.3 is 0 Å². The Morgan fingerprint density at radius 3 is 2.90 bits per heavy atom. The number of aromatic nitrogens is 2. The van der Waals surface area contributed by atoms with Crippen LogP contribution in [-0.2, 0) is 4.79 Å². The molecule has 1 heterocycles. The Bertz CT molecular complexity index is 604. The molecule has 2 rings (SSSR count). The second-order valence-electron chi connectivity index (χ2n) is 4.49. The summed E-state index contributed by atoms with van der Waals surface area (Å²) in [6, 6.07) is 5.86. The summed E-state index contributed by atoms with van der Waals surface area (Å²) in [5, 5.41) is 14.5.